The van der Waals surface area contributed by atoms with Crippen LogP contribution in [0.2, 0.25) is 0 Å². The Balaban J connectivity index is 1.57. The van der Waals surface area contributed by atoms with Gasteiger partial charge in [-0.05, 0) is 63.4 Å². The van der Waals surface area contributed by atoms with Gasteiger partial charge in [0.2, 0.25) is 0 Å². The zero-order valence-corrected chi connectivity index (χ0v) is 19.5. The molecule has 0 bridgehead atoms. The molecule has 0 spiro atoms. The predicted molar refractivity (Wildman–Crippen MR) is 125 cm³/mol. The maximum atomic E-state index is 13.9. The van der Waals surface area contributed by atoms with Crippen molar-refractivity contribution < 1.29 is 14.1 Å². The Morgan fingerprint density at radius 2 is 1.94 bits per heavy atom. The molecular weight excluding hydrogens is 422 g/mol. The second kappa shape index (κ2) is 8.06. The topological polar surface area (TPSA) is 68.5 Å². The zero-order valence-electron chi connectivity index (χ0n) is 18.6. The number of aryl methyl sites for hydroxylation is 3. The molecule has 0 aliphatic heterocycles. The van der Waals surface area contributed by atoms with Gasteiger partial charge in [0.25, 0.3) is 11.6 Å². The number of methoxy groups -OCH3 is 1. The summed E-state index contributed by atoms with van der Waals surface area (Å²) in [5.74, 6) is 0.799. The van der Waals surface area contributed by atoms with Crippen molar-refractivity contribution in [1.82, 2.24) is 15.0 Å². The minimum atomic E-state index is -0.00660. The molecule has 1 aliphatic carbocycles. The van der Waals surface area contributed by atoms with E-state index in [-0.39, 0.29) is 11.9 Å². The van der Waals surface area contributed by atoms with Crippen LogP contribution in [0, 0.1) is 20.8 Å². The Kier molecular flexibility index (Phi) is 5.21. The predicted octanol–water partition coefficient (Wildman–Crippen LogP) is 5.69. The van der Waals surface area contributed by atoms with Gasteiger partial charge >= 0.3 is 0 Å². The molecule has 1 amide bonds. The van der Waals surface area contributed by atoms with E-state index in [1.165, 1.54) is 9.75 Å². The van der Waals surface area contributed by atoms with Crippen LogP contribution in [0.4, 0.5) is 0 Å². The highest BCUT2D eigenvalue weighted by Gasteiger charge is 2.35. The van der Waals surface area contributed by atoms with Crippen molar-refractivity contribution in [3.63, 3.8) is 0 Å². The lowest BCUT2D eigenvalue weighted by Crippen LogP contribution is -2.32. The SMILES string of the molecule is COc1ccc(CN(C(=O)c2cc(-c3cc(C)sc3C)nc3onc(C)c23)C2CC2)cc1. The van der Waals surface area contributed by atoms with Crippen LogP contribution in [-0.4, -0.2) is 34.1 Å². The van der Waals surface area contributed by atoms with E-state index in [0.29, 0.717) is 28.9 Å². The number of fused-ring (bicyclic) bond motifs is 1. The lowest BCUT2D eigenvalue weighted by atomic mass is 10.0. The third-order valence-corrected chi connectivity index (χ3v) is 6.89. The fourth-order valence-electron chi connectivity index (χ4n) is 4.12. The van der Waals surface area contributed by atoms with Crippen molar-refractivity contribution in [2.75, 3.05) is 7.11 Å². The van der Waals surface area contributed by atoms with Gasteiger partial charge in [-0.25, -0.2) is 4.98 Å². The number of amides is 1. The Labute approximate surface area is 190 Å². The Morgan fingerprint density at radius 1 is 1.19 bits per heavy atom. The van der Waals surface area contributed by atoms with Crippen molar-refractivity contribution in [2.45, 2.75) is 46.2 Å². The minimum absolute atomic E-state index is 0.00660. The average Bonchev–Trinajstić information content (AvgIpc) is 3.49. The van der Waals surface area contributed by atoms with E-state index in [0.717, 1.165) is 35.4 Å². The van der Waals surface area contributed by atoms with Crippen LogP contribution in [0.1, 0.15) is 44.2 Å². The molecule has 6 nitrogen and oxygen atoms in total. The molecule has 4 aromatic rings. The van der Waals surface area contributed by atoms with E-state index in [9.17, 15) is 4.79 Å². The number of nitrogens with zero attached hydrogens (tertiary/aromatic N) is 3. The third-order valence-electron chi connectivity index (χ3n) is 5.92. The van der Waals surface area contributed by atoms with Crippen molar-refractivity contribution in [2.24, 2.45) is 0 Å². The summed E-state index contributed by atoms with van der Waals surface area (Å²) in [7, 11) is 1.65. The molecule has 7 heteroatoms. The van der Waals surface area contributed by atoms with Gasteiger partial charge in [0.1, 0.15) is 5.75 Å². The first-order valence-corrected chi connectivity index (χ1v) is 11.5. The number of benzene rings is 1. The molecule has 1 aromatic carbocycles. The first-order valence-electron chi connectivity index (χ1n) is 10.7. The number of carbonyl (C=O) groups is 1. The molecular formula is C25H25N3O3S. The molecule has 32 heavy (non-hydrogen) atoms. The molecule has 1 saturated carbocycles. The van der Waals surface area contributed by atoms with E-state index >= 15 is 0 Å². The van der Waals surface area contributed by atoms with E-state index in [1.54, 1.807) is 18.4 Å². The Bertz CT molecular complexity index is 1300. The molecule has 0 radical (unpaired) electrons. The molecule has 0 saturated heterocycles. The van der Waals surface area contributed by atoms with Crippen LogP contribution < -0.4 is 4.74 Å². The van der Waals surface area contributed by atoms with Gasteiger partial charge in [-0.15, -0.1) is 11.3 Å². The van der Waals surface area contributed by atoms with Crippen molar-refractivity contribution >= 4 is 28.3 Å². The van der Waals surface area contributed by atoms with E-state index in [2.05, 4.69) is 25.1 Å². The fraction of sp³-hybridized carbons (Fsp3) is 0.320. The van der Waals surface area contributed by atoms with Gasteiger partial charge in [-0.2, -0.15) is 0 Å². The molecule has 5 rings (SSSR count). The van der Waals surface area contributed by atoms with Gasteiger partial charge in [0, 0.05) is 27.9 Å². The average molecular weight is 448 g/mol. The maximum absolute atomic E-state index is 13.9. The number of thiophene rings is 1. The number of carbonyl (C=O) groups excluding carboxylic acids is 1. The van der Waals surface area contributed by atoms with E-state index in [4.69, 9.17) is 14.2 Å². The summed E-state index contributed by atoms with van der Waals surface area (Å²) in [6, 6.07) is 12.2. The molecule has 164 valence electrons. The summed E-state index contributed by atoms with van der Waals surface area (Å²) < 4.78 is 10.8. The van der Waals surface area contributed by atoms with Crippen molar-refractivity contribution in [3.8, 4) is 17.0 Å². The molecule has 0 atom stereocenters. The normalized spacial score (nSPS) is 13.5. The fourth-order valence-corrected chi connectivity index (χ4v) is 5.05. The van der Waals surface area contributed by atoms with Crippen LogP contribution in [0.5, 0.6) is 5.75 Å². The largest absolute Gasteiger partial charge is 0.497 e. The van der Waals surface area contributed by atoms with Crippen LogP contribution in [0.3, 0.4) is 0 Å². The van der Waals surface area contributed by atoms with Crippen molar-refractivity contribution in [1.29, 1.82) is 0 Å². The summed E-state index contributed by atoms with van der Waals surface area (Å²) in [5.41, 5.74) is 4.55. The summed E-state index contributed by atoms with van der Waals surface area (Å²) in [4.78, 5) is 22.9. The zero-order chi connectivity index (χ0) is 22.4. The van der Waals surface area contributed by atoms with Gasteiger partial charge in [0.05, 0.1) is 29.4 Å². The molecule has 3 heterocycles. The quantitative estimate of drug-likeness (QED) is 0.380. The molecule has 3 aromatic heterocycles. The number of hydrogen-bond acceptors (Lipinski definition) is 6. The van der Waals surface area contributed by atoms with Crippen LogP contribution in [-0.2, 0) is 6.54 Å². The highest BCUT2D eigenvalue weighted by Crippen LogP contribution is 2.35. The molecule has 1 aliphatic rings. The first-order chi connectivity index (χ1) is 15.4. The number of aromatic nitrogens is 2. The number of rotatable bonds is 6. The first kappa shape index (κ1) is 20.7. The second-order valence-electron chi connectivity index (χ2n) is 8.34. The Morgan fingerprint density at radius 3 is 2.56 bits per heavy atom. The summed E-state index contributed by atoms with van der Waals surface area (Å²) >= 11 is 1.72. The minimum Gasteiger partial charge on any atom is -0.497 e. The number of pyridine rings is 1. The van der Waals surface area contributed by atoms with Gasteiger partial charge in [-0.1, -0.05) is 17.3 Å². The van der Waals surface area contributed by atoms with Crippen LogP contribution in [0.25, 0.3) is 22.4 Å². The second-order valence-corrected chi connectivity index (χ2v) is 9.80. The van der Waals surface area contributed by atoms with Gasteiger partial charge in [0.15, 0.2) is 0 Å². The van der Waals surface area contributed by atoms with Gasteiger partial charge in [-0.3, -0.25) is 4.79 Å². The summed E-state index contributed by atoms with van der Waals surface area (Å²) in [5, 5.41) is 4.80. The highest BCUT2D eigenvalue weighted by atomic mass is 32.1. The lowest BCUT2D eigenvalue weighted by molar-refractivity contribution is 0.0732. The summed E-state index contributed by atoms with van der Waals surface area (Å²) in [6.45, 7) is 6.56. The summed E-state index contributed by atoms with van der Waals surface area (Å²) in [6.07, 6.45) is 2.04. The monoisotopic (exact) mass is 447 g/mol. The smallest absolute Gasteiger partial charge is 0.259 e. The highest BCUT2D eigenvalue weighted by molar-refractivity contribution is 7.12. The van der Waals surface area contributed by atoms with Gasteiger partial charge < -0.3 is 14.2 Å². The molecule has 0 N–H and O–H groups in total. The van der Waals surface area contributed by atoms with Crippen molar-refractivity contribution in [3.05, 3.63) is 63.0 Å². The standard InChI is InChI=1S/C25H25N3O3S/c1-14-11-20(16(3)32-14)22-12-21(23-15(2)27-31-24(23)26-22)25(29)28(18-7-8-18)13-17-5-9-19(30-4)10-6-17/h5-6,9-12,18H,7-8,13H2,1-4H3. The maximum Gasteiger partial charge on any atom is 0.259 e. The molecule has 0 unspecified atom stereocenters. The number of hydrogen-bond donors (Lipinski definition) is 0. The van der Waals surface area contributed by atoms with E-state index < -0.39 is 0 Å². The van der Waals surface area contributed by atoms with Crippen LogP contribution >= 0.6 is 11.3 Å². The number of ether oxygens (including phenoxy) is 1. The third kappa shape index (κ3) is 3.77. The lowest BCUT2D eigenvalue weighted by Gasteiger charge is -2.23. The molecule has 1 fully saturated rings. The Hall–Kier alpha value is -3.19. The van der Waals surface area contributed by atoms with E-state index in [1.807, 2.05) is 42.2 Å². The van der Waals surface area contributed by atoms with Crippen LogP contribution in [0.15, 0.2) is 40.9 Å².